The van der Waals surface area contributed by atoms with E-state index in [0.29, 0.717) is 5.92 Å². The Morgan fingerprint density at radius 1 is 1.21 bits per heavy atom. The van der Waals surface area contributed by atoms with E-state index in [2.05, 4.69) is 57.5 Å². The molecule has 2 unspecified atom stereocenters. The Morgan fingerprint density at radius 3 is 2.62 bits per heavy atom. The molecule has 2 fully saturated rings. The lowest BCUT2D eigenvalue weighted by Gasteiger charge is -2.31. The molecule has 0 spiro atoms. The van der Waals surface area contributed by atoms with Crippen molar-refractivity contribution in [3.8, 4) is 0 Å². The van der Waals surface area contributed by atoms with Gasteiger partial charge in [-0.05, 0) is 62.9 Å². The van der Waals surface area contributed by atoms with Gasteiger partial charge in [-0.3, -0.25) is 4.79 Å². The highest BCUT2D eigenvalue weighted by Gasteiger charge is 2.43. The molecule has 1 amide bonds. The molecule has 0 saturated heterocycles. The fourth-order valence-electron chi connectivity index (χ4n) is 3.94. The van der Waals surface area contributed by atoms with Gasteiger partial charge in [-0.2, -0.15) is 0 Å². The van der Waals surface area contributed by atoms with Crippen molar-refractivity contribution in [2.75, 3.05) is 20.1 Å². The molecule has 2 saturated carbocycles. The topological polar surface area (TPSA) is 32.3 Å². The van der Waals surface area contributed by atoms with Crippen LogP contribution in [-0.2, 0) is 4.79 Å². The van der Waals surface area contributed by atoms with Gasteiger partial charge in [0, 0.05) is 23.0 Å². The molecule has 3 nitrogen and oxygen atoms in total. The van der Waals surface area contributed by atoms with E-state index < -0.39 is 0 Å². The second-order valence-electron chi connectivity index (χ2n) is 7.42. The highest BCUT2D eigenvalue weighted by Crippen LogP contribution is 2.47. The number of hydrogen-bond acceptors (Lipinski definition) is 2. The van der Waals surface area contributed by atoms with Crippen molar-refractivity contribution < 1.29 is 4.79 Å². The summed E-state index contributed by atoms with van der Waals surface area (Å²) in [4.78, 5) is 14.8. The van der Waals surface area contributed by atoms with Crippen LogP contribution in [0.3, 0.4) is 0 Å². The summed E-state index contributed by atoms with van der Waals surface area (Å²) in [6.45, 7) is 1.89. The molecule has 4 heteroatoms. The molecule has 1 aromatic carbocycles. The van der Waals surface area contributed by atoms with Gasteiger partial charge in [0.05, 0.1) is 0 Å². The predicted molar refractivity (Wildman–Crippen MR) is 102 cm³/mol. The normalized spacial score (nSPS) is 24.1. The number of nitrogens with zero attached hydrogens (tertiary/aromatic N) is 1. The first-order valence-electron chi connectivity index (χ1n) is 9.38. The van der Waals surface area contributed by atoms with E-state index in [1.165, 1.54) is 37.7 Å². The summed E-state index contributed by atoms with van der Waals surface area (Å²) in [6.07, 6.45) is 8.90. The molecule has 132 valence electrons. The van der Waals surface area contributed by atoms with Crippen molar-refractivity contribution in [2.45, 2.75) is 56.9 Å². The van der Waals surface area contributed by atoms with Crippen LogP contribution < -0.4 is 5.32 Å². The van der Waals surface area contributed by atoms with Gasteiger partial charge in [0.1, 0.15) is 0 Å². The third kappa shape index (κ3) is 4.82. The number of amides is 1. The van der Waals surface area contributed by atoms with Crippen LogP contribution in [0.15, 0.2) is 28.7 Å². The average molecular weight is 393 g/mol. The molecule has 0 aliphatic heterocycles. The molecular weight excluding hydrogens is 364 g/mol. The molecule has 0 radical (unpaired) electrons. The van der Waals surface area contributed by atoms with Crippen LogP contribution >= 0.6 is 15.9 Å². The average Bonchev–Trinajstić information content (AvgIpc) is 3.40. The van der Waals surface area contributed by atoms with E-state index in [1.54, 1.807) is 0 Å². The minimum atomic E-state index is 0.183. The van der Waals surface area contributed by atoms with Gasteiger partial charge in [0.2, 0.25) is 5.91 Å². The van der Waals surface area contributed by atoms with E-state index in [-0.39, 0.29) is 11.8 Å². The van der Waals surface area contributed by atoms with Gasteiger partial charge in [0.25, 0.3) is 0 Å². The van der Waals surface area contributed by atoms with Gasteiger partial charge in [-0.1, -0.05) is 47.3 Å². The largest absolute Gasteiger partial charge is 0.356 e. The summed E-state index contributed by atoms with van der Waals surface area (Å²) in [5.74, 6) is 0.841. The number of halogens is 1. The number of nitrogens with one attached hydrogen (secondary N) is 1. The van der Waals surface area contributed by atoms with E-state index in [4.69, 9.17) is 0 Å². The summed E-state index contributed by atoms with van der Waals surface area (Å²) >= 11 is 3.46. The number of benzene rings is 1. The summed E-state index contributed by atoms with van der Waals surface area (Å²) in [5.41, 5.74) is 1.29. The molecule has 3 rings (SSSR count). The van der Waals surface area contributed by atoms with Crippen molar-refractivity contribution in [3.05, 3.63) is 34.3 Å². The SMILES string of the molecule is CN(CCCNC(=O)C1CC1c1ccc(Br)cc1)C1CCCCC1. The second kappa shape index (κ2) is 8.48. The lowest BCUT2D eigenvalue weighted by Crippen LogP contribution is -2.36. The summed E-state index contributed by atoms with van der Waals surface area (Å²) in [7, 11) is 2.24. The Bertz CT molecular complexity index is 539. The maximum Gasteiger partial charge on any atom is 0.223 e. The smallest absolute Gasteiger partial charge is 0.223 e. The van der Waals surface area contributed by atoms with Gasteiger partial charge in [-0.15, -0.1) is 0 Å². The highest BCUT2D eigenvalue weighted by molar-refractivity contribution is 9.10. The third-order valence-corrected chi connectivity index (χ3v) is 6.14. The van der Waals surface area contributed by atoms with Crippen LogP contribution in [0.2, 0.25) is 0 Å². The van der Waals surface area contributed by atoms with Crippen molar-refractivity contribution in [3.63, 3.8) is 0 Å². The van der Waals surface area contributed by atoms with Crippen molar-refractivity contribution in [2.24, 2.45) is 5.92 Å². The van der Waals surface area contributed by atoms with Crippen LogP contribution in [0.25, 0.3) is 0 Å². The fourth-order valence-corrected chi connectivity index (χ4v) is 4.20. The predicted octanol–water partition coefficient (Wildman–Crippen LogP) is 4.32. The van der Waals surface area contributed by atoms with Crippen LogP contribution in [-0.4, -0.2) is 37.0 Å². The van der Waals surface area contributed by atoms with E-state index in [9.17, 15) is 4.79 Å². The van der Waals surface area contributed by atoms with Crippen molar-refractivity contribution in [1.29, 1.82) is 0 Å². The minimum Gasteiger partial charge on any atom is -0.356 e. The van der Waals surface area contributed by atoms with Crippen molar-refractivity contribution in [1.82, 2.24) is 10.2 Å². The number of carbonyl (C=O) groups is 1. The van der Waals surface area contributed by atoms with Crippen LogP contribution in [0.5, 0.6) is 0 Å². The quantitative estimate of drug-likeness (QED) is 0.700. The molecule has 2 aliphatic rings. The van der Waals surface area contributed by atoms with Crippen LogP contribution in [0.4, 0.5) is 0 Å². The first-order valence-corrected chi connectivity index (χ1v) is 10.2. The second-order valence-corrected chi connectivity index (χ2v) is 8.33. The van der Waals surface area contributed by atoms with Gasteiger partial charge in [0.15, 0.2) is 0 Å². The molecular formula is C20H29BrN2O. The Morgan fingerprint density at radius 2 is 1.92 bits per heavy atom. The molecule has 0 heterocycles. The first kappa shape index (κ1) is 17.9. The van der Waals surface area contributed by atoms with Crippen LogP contribution in [0, 0.1) is 5.92 Å². The van der Waals surface area contributed by atoms with Gasteiger partial charge in [-0.25, -0.2) is 0 Å². The summed E-state index contributed by atoms with van der Waals surface area (Å²) in [5, 5.41) is 3.14. The lowest BCUT2D eigenvalue weighted by molar-refractivity contribution is -0.122. The molecule has 0 aromatic heterocycles. The molecule has 24 heavy (non-hydrogen) atoms. The maximum atomic E-state index is 12.3. The monoisotopic (exact) mass is 392 g/mol. The summed E-state index contributed by atoms with van der Waals surface area (Å²) < 4.78 is 1.09. The van der Waals surface area contributed by atoms with Crippen molar-refractivity contribution >= 4 is 21.8 Å². The Hall–Kier alpha value is -0.870. The van der Waals surface area contributed by atoms with E-state index >= 15 is 0 Å². The number of rotatable bonds is 7. The van der Waals surface area contributed by atoms with E-state index in [0.717, 1.165) is 36.4 Å². The van der Waals surface area contributed by atoms with E-state index in [1.807, 2.05) is 0 Å². The minimum absolute atomic E-state index is 0.183. The highest BCUT2D eigenvalue weighted by atomic mass is 79.9. The Kier molecular flexibility index (Phi) is 6.34. The Balaban J connectivity index is 1.32. The number of hydrogen-bond donors (Lipinski definition) is 1. The molecule has 2 atom stereocenters. The van der Waals surface area contributed by atoms with Gasteiger partial charge >= 0.3 is 0 Å². The molecule has 0 bridgehead atoms. The Labute approximate surface area is 154 Å². The first-order chi connectivity index (χ1) is 11.6. The zero-order chi connectivity index (χ0) is 16.9. The van der Waals surface area contributed by atoms with Crippen LogP contribution in [0.1, 0.15) is 56.4 Å². The molecule has 1 N–H and O–H groups in total. The number of carbonyl (C=O) groups excluding carboxylic acids is 1. The standard InChI is InChI=1S/C20H29BrN2O/c1-23(17-6-3-2-4-7-17)13-5-12-22-20(24)19-14-18(19)15-8-10-16(21)11-9-15/h8-11,17-19H,2-7,12-14H2,1H3,(H,22,24). The van der Waals surface area contributed by atoms with Gasteiger partial charge < -0.3 is 10.2 Å². The third-order valence-electron chi connectivity index (χ3n) is 5.61. The zero-order valence-corrected chi connectivity index (χ0v) is 16.2. The lowest BCUT2D eigenvalue weighted by atomic mass is 9.94. The molecule has 2 aliphatic carbocycles. The maximum absolute atomic E-state index is 12.3. The summed E-state index contributed by atoms with van der Waals surface area (Å²) in [6, 6.07) is 9.13. The zero-order valence-electron chi connectivity index (χ0n) is 14.6. The fraction of sp³-hybridized carbons (Fsp3) is 0.650. The molecule has 1 aromatic rings.